The van der Waals surface area contributed by atoms with Crippen LogP contribution in [0.3, 0.4) is 0 Å². The first-order valence-electron chi connectivity index (χ1n) is 19.5. The molecule has 254 valence electrons. The van der Waals surface area contributed by atoms with Gasteiger partial charge in [0.2, 0.25) is 0 Å². The number of rotatable bonds is 2. The second-order valence-corrected chi connectivity index (χ2v) is 16.3. The maximum atomic E-state index is 2.56. The third kappa shape index (κ3) is 3.63. The van der Waals surface area contributed by atoms with Crippen LogP contribution in [0.2, 0.25) is 0 Å². The Bertz CT molecular complexity index is 3600. The van der Waals surface area contributed by atoms with E-state index in [-0.39, 0.29) is 5.41 Å². The molecule has 0 N–H and O–H groups in total. The fraction of sp³-hybridized carbons (Fsp3) is 0.0545. The highest BCUT2D eigenvalue weighted by molar-refractivity contribution is 6.46. The number of benzene rings is 10. The summed E-state index contributed by atoms with van der Waals surface area (Å²) >= 11 is 0. The van der Waals surface area contributed by atoms with Crippen LogP contribution in [-0.2, 0) is 5.41 Å². The summed E-state index contributed by atoms with van der Waals surface area (Å²) in [7, 11) is 0. The van der Waals surface area contributed by atoms with Gasteiger partial charge in [-0.15, -0.1) is 0 Å². The molecule has 0 unspecified atom stereocenters. The van der Waals surface area contributed by atoms with Crippen LogP contribution in [0.25, 0.3) is 120 Å². The van der Waals surface area contributed by atoms with Gasteiger partial charge in [-0.05, 0) is 149 Å². The van der Waals surface area contributed by atoms with Crippen molar-refractivity contribution in [2.45, 2.75) is 19.3 Å². The molecular formula is C55H34. The minimum Gasteiger partial charge on any atom is -0.0622 e. The van der Waals surface area contributed by atoms with E-state index >= 15 is 0 Å². The van der Waals surface area contributed by atoms with Gasteiger partial charge in [-0.3, -0.25) is 0 Å². The van der Waals surface area contributed by atoms with Crippen molar-refractivity contribution in [2.75, 3.05) is 0 Å². The summed E-state index contributed by atoms with van der Waals surface area (Å²) in [6.45, 7) is 4.76. The molecule has 0 saturated carbocycles. The summed E-state index contributed by atoms with van der Waals surface area (Å²) in [5.74, 6) is 0. The molecule has 0 aliphatic heterocycles. The van der Waals surface area contributed by atoms with Gasteiger partial charge in [0.25, 0.3) is 0 Å². The standard InChI is InChI=1S/C55H34/c1-55(2)46-25-11-10-20-37(46)42-29-33(26-27-47(42)55)48-45-30-43-36-19-9-8-18-35(36)39-22-13-23-40(50(39)43)52(45)49(31-14-4-3-5-15-31)54-44-28-32-16-6-7-17-34(32)38-21-12-24-41(51(38)44)53(48)54/h3-30H,1-2H3. The topological polar surface area (TPSA) is 0 Å². The van der Waals surface area contributed by atoms with Gasteiger partial charge >= 0.3 is 0 Å². The summed E-state index contributed by atoms with van der Waals surface area (Å²) in [5.41, 5.74) is 10.6. The van der Waals surface area contributed by atoms with E-state index in [1.165, 1.54) is 131 Å². The number of hydrogen-bond acceptors (Lipinski definition) is 0. The molecule has 13 rings (SSSR count). The van der Waals surface area contributed by atoms with Crippen LogP contribution in [-0.4, -0.2) is 0 Å². The SMILES string of the molecule is CC1(C)c2ccccc2-c2cc(-c3c4cc5c6ccccc6c6cccc(c4c(-c4ccccc4)c4c7cc8ccccc8c8cccc(c34)c87)c65)ccc21. The van der Waals surface area contributed by atoms with Crippen molar-refractivity contribution in [1.29, 1.82) is 0 Å². The van der Waals surface area contributed by atoms with Crippen LogP contribution in [0.1, 0.15) is 25.0 Å². The second kappa shape index (κ2) is 10.3. The average molecular weight is 695 g/mol. The van der Waals surface area contributed by atoms with Crippen LogP contribution in [0.5, 0.6) is 0 Å². The van der Waals surface area contributed by atoms with Crippen molar-refractivity contribution in [3.05, 3.63) is 181 Å². The Labute approximate surface area is 318 Å². The van der Waals surface area contributed by atoms with E-state index in [0.29, 0.717) is 0 Å². The molecule has 0 nitrogen and oxygen atoms in total. The van der Waals surface area contributed by atoms with Crippen LogP contribution in [0.15, 0.2) is 170 Å². The quantitative estimate of drug-likeness (QED) is 0.158. The van der Waals surface area contributed by atoms with E-state index in [4.69, 9.17) is 0 Å². The third-order valence-electron chi connectivity index (χ3n) is 13.3. The Balaban J connectivity index is 1.34. The average Bonchev–Trinajstić information content (AvgIpc) is 3.82. The van der Waals surface area contributed by atoms with Crippen LogP contribution < -0.4 is 0 Å². The van der Waals surface area contributed by atoms with Gasteiger partial charge in [-0.1, -0.05) is 166 Å². The van der Waals surface area contributed by atoms with E-state index in [2.05, 4.69) is 184 Å². The van der Waals surface area contributed by atoms with Crippen molar-refractivity contribution in [3.8, 4) is 33.4 Å². The highest BCUT2D eigenvalue weighted by Gasteiger charge is 2.36. The first-order valence-corrected chi connectivity index (χ1v) is 19.5. The van der Waals surface area contributed by atoms with E-state index in [0.717, 1.165) is 0 Å². The first-order chi connectivity index (χ1) is 27.1. The van der Waals surface area contributed by atoms with Crippen molar-refractivity contribution in [3.63, 3.8) is 0 Å². The van der Waals surface area contributed by atoms with Crippen LogP contribution in [0, 0.1) is 0 Å². The van der Waals surface area contributed by atoms with E-state index < -0.39 is 0 Å². The highest BCUT2D eigenvalue weighted by atomic mass is 14.4. The normalized spacial score (nSPS) is 13.8. The van der Waals surface area contributed by atoms with Crippen LogP contribution in [0.4, 0.5) is 0 Å². The minimum atomic E-state index is -0.0597. The van der Waals surface area contributed by atoms with Gasteiger partial charge in [-0.25, -0.2) is 0 Å². The Kier molecular flexibility index (Phi) is 5.53. The van der Waals surface area contributed by atoms with Crippen LogP contribution >= 0.6 is 0 Å². The van der Waals surface area contributed by atoms with Gasteiger partial charge in [-0.2, -0.15) is 0 Å². The fourth-order valence-electron chi connectivity index (χ4n) is 11.0. The van der Waals surface area contributed by atoms with Crippen molar-refractivity contribution >= 4 is 86.2 Å². The molecule has 0 radical (unpaired) electrons. The largest absolute Gasteiger partial charge is 0.0622 e. The molecule has 0 heterocycles. The summed E-state index contributed by atoms with van der Waals surface area (Å²) in [5, 5.41) is 21.3. The van der Waals surface area contributed by atoms with Crippen molar-refractivity contribution in [2.24, 2.45) is 0 Å². The monoisotopic (exact) mass is 694 g/mol. The zero-order valence-corrected chi connectivity index (χ0v) is 30.7. The second-order valence-electron chi connectivity index (χ2n) is 16.3. The lowest BCUT2D eigenvalue weighted by Gasteiger charge is -2.22. The van der Waals surface area contributed by atoms with E-state index in [1.54, 1.807) is 0 Å². The highest BCUT2D eigenvalue weighted by Crippen LogP contribution is 2.56. The molecule has 0 saturated heterocycles. The van der Waals surface area contributed by atoms with Gasteiger partial charge in [0.1, 0.15) is 0 Å². The van der Waals surface area contributed by atoms with E-state index in [9.17, 15) is 0 Å². The predicted molar refractivity (Wildman–Crippen MR) is 237 cm³/mol. The lowest BCUT2D eigenvalue weighted by Crippen LogP contribution is -2.14. The number of hydrogen-bond donors (Lipinski definition) is 0. The molecule has 12 aromatic carbocycles. The molecule has 12 aromatic rings. The first kappa shape index (κ1) is 29.7. The maximum absolute atomic E-state index is 2.56. The zero-order chi connectivity index (χ0) is 36.2. The van der Waals surface area contributed by atoms with Gasteiger partial charge < -0.3 is 0 Å². The van der Waals surface area contributed by atoms with Gasteiger partial charge in [0, 0.05) is 5.41 Å². The fourth-order valence-corrected chi connectivity index (χ4v) is 11.0. The summed E-state index contributed by atoms with van der Waals surface area (Å²) < 4.78 is 0. The Morgan fingerprint density at radius 2 is 0.873 bits per heavy atom. The lowest BCUT2D eigenvalue weighted by molar-refractivity contribution is 0.660. The molecule has 0 aromatic heterocycles. The Morgan fingerprint density at radius 3 is 1.69 bits per heavy atom. The third-order valence-corrected chi connectivity index (χ3v) is 13.3. The Hall–Kier alpha value is -6.76. The molecule has 0 atom stereocenters. The van der Waals surface area contributed by atoms with Gasteiger partial charge in [0.15, 0.2) is 0 Å². The Morgan fingerprint density at radius 1 is 0.291 bits per heavy atom. The summed E-state index contributed by atoms with van der Waals surface area (Å²) in [6.07, 6.45) is 0. The van der Waals surface area contributed by atoms with Crippen molar-refractivity contribution in [1.82, 2.24) is 0 Å². The molecule has 55 heavy (non-hydrogen) atoms. The summed E-state index contributed by atoms with van der Waals surface area (Å²) in [4.78, 5) is 0. The maximum Gasteiger partial charge on any atom is 0.0158 e. The smallest absolute Gasteiger partial charge is 0.0158 e. The molecule has 0 heteroatoms. The number of fused-ring (bicyclic) bond motifs is 13. The molecule has 0 amide bonds. The molecule has 1 aliphatic rings. The minimum absolute atomic E-state index is 0.0597. The van der Waals surface area contributed by atoms with E-state index in [1.807, 2.05) is 0 Å². The molecule has 1 aliphatic carbocycles. The van der Waals surface area contributed by atoms with Crippen molar-refractivity contribution < 1.29 is 0 Å². The zero-order valence-electron chi connectivity index (χ0n) is 30.7. The summed E-state index contributed by atoms with van der Waals surface area (Å²) in [6, 6.07) is 64.6. The molecule has 0 bridgehead atoms. The molecular weight excluding hydrogens is 661 g/mol. The predicted octanol–water partition coefficient (Wildman–Crippen LogP) is 15.4. The molecule has 0 fully saturated rings. The van der Waals surface area contributed by atoms with Gasteiger partial charge in [0.05, 0.1) is 0 Å². The lowest BCUT2D eigenvalue weighted by atomic mass is 9.81. The molecule has 0 spiro atoms.